The van der Waals surface area contributed by atoms with E-state index in [0.29, 0.717) is 13.0 Å². The Hall–Kier alpha value is -1.10. The number of carboxylic acid groups (broad SMARTS) is 1. The molecule has 0 saturated heterocycles. The summed E-state index contributed by atoms with van der Waals surface area (Å²) in [5, 5.41) is 11.2. The predicted octanol–water partition coefficient (Wildman–Crippen LogP) is 1.17. The van der Waals surface area contributed by atoms with Gasteiger partial charge in [-0.2, -0.15) is 0 Å². The third-order valence-electron chi connectivity index (χ3n) is 2.41. The molecule has 5 heteroatoms. The highest BCUT2D eigenvalue weighted by Gasteiger charge is 2.25. The first-order chi connectivity index (χ1) is 7.40. The highest BCUT2D eigenvalue weighted by Crippen LogP contribution is 2.07. The number of aliphatic carboxylic acids is 1. The fourth-order valence-corrected chi connectivity index (χ4v) is 1.09. The molecule has 0 aliphatic heterocycles. The summed E-state index contributed by atoms with van der Waals surface area (Å²) in [5.41, 5.74) is -0.804. The molecule has 0 rings (SSSR count). The molecule has 0 heterocycles. The molecule has 0 spiro atoms. The Kier molecular flexibility index (Phi) is 6.72. The zero-order chi connectivity index (χ0) is 12.6. The van der Waals surface area contributed by atoms with Crippen molar-refractivity contribution in [1.82, 2.24) is 5.32 Å². The van der Waals surface area contributed by atoms with Gasteiger partial charge >= 0.3 is 5.97 Å². The number of unbranched alkanes of at least 4 members (excludes halogenated alkanes) is 2. The van der Waals surface area contributed by atoms with Crippen LogP contribution in [0.15, 0.2) is 0 Å². The molecule has 0 radical (unpaired) electrons. The molecule has 94 valence electrons. The summed E-state index contributed by atoms with van der Waals surface area (Å²) < 4.78 is 5.02. The number of hydrogen-bond donors (Lipinski definition) is 2. The van der Waals surface area contributed by atoms with Gasteiger partial charge in [0.25, 0.3) is 5.91 Å². The predicted molar refractivity (Wildman–Crippen MR) is 60.2 cm³/mol. The number of nitrogens with one attached hydrogen (secondary N) is 1. The first-order valence-corrected chi connectivity index (χ1v) is 5.45. The highest BCUT2D eigenvalue weighted by atomic mass is 16.5. The van der Waals surface area contributed by atoms with Gasteiger partial charge in [-0.25, -0.2) is 0 Å². The van der Waals surface area contributed by atoms with Crippen LogP contribution in [0.2, 0.25) is 0 Å². The van der Waals surface area contributed by atoms with Crippen LogP contribution in [-0.2, 0) is 14.3 Å². The Morgan fingerprint density at radius 1 is 1.25 bits per heavy atom. The first-order valence-electron chi connectivity index (χ1n) is 5.45. The lowest BCUT2D eigenvalue weighted by Gasteiger charge is -2.21. The van der Waals surface area contributed by atoms with E-state index in [-0.39, 0.29) is 12.3 Å². The summed E-state index contributed by atoms with van der Waals surface area (Å²) in [6.07, 6.45) is 2.44. The lowest BCUT2D eigenvalue weighted by Crippen LogP contribution is -2.43. The van der Waals surface area contributed by atoms with Crippen LogP contribution in [0.1, 0.15) is 39.5 Å². The maximum Gasteiger partial charge on any atom is 0.303 e. The quantitative estimate of drug-likeness (QED) is 0.615. The van der Waals surface area contributed by atoms with E-state index in [9.17, 15) is 9.59 Å². The van der Waals surface area contributed by atoms with Crippen LogP contribution < -0.4 is 5.32 Å². The molecule has 16 heavy (non-hydrogen) atoms. The molecule has 0 unspecified atom stereocenters. The SMILES string of the molecule is COC(C)(C)C(=O)NCCCCCC(=O)O. The third-order valence-corrected chi connectivity index (χ3v) is 2.41. The Balaban J connectivity index is 3.52. The van der Waals surface area contributed by atoms with Crippen LogP contribution in [0.4, 0.5) is 0 Å². The van der Waals surface area contributed by atoms with Crippen molar-refractivity contribution in [3.63, 3.8) is 0 Å². The van der Waals surface area contributed by atoms with E-state index in [0.717, 1.165) is 12.8 Å². The molecular formula is C11H21NO4. The zero-order valence-corrected chi connectivity index (χ0v) is 10.2. The Labute approximate surface area is 96.2 Å². The number of carboxylic acids is 1. The van der Waals surface area contributed by atoms with Gasteiger partial charge in [-0.15, -0.1) is 0 Å². The van der Waals surface area contributed by atoms with Crippen molar-refractivity contribution in [3.8, 4) is 0 Å². The smallest absolute Gasteiger partial charge is 0.303 e. The normalized spacial score (nSPS) is 11.2. The van der Waals surface area contributed by atoms with E-state index in [1.54, 1.807) is 13.8 Å². The maximum atomic E-state index is 11.5. The second kappa shape index (κ2) is 7.22. The molecule has 0 aromatic rings. The van der Waals surface area contributed by atoms with Crippen molar-refractivity contribution in [1.29, 1.82) is 0 Å². The van der Waals surface area contributed by atoms with Gasteiger partial charge in [0.15, 0.2) is 0 Å². The van der Waals surface area contributed by atoms with E-state index in [2.05, 4.69) is 5.32 Å². The molecule has 0 atom stereocenters. The number of carbonyl (C=O) groups excluding carboxylic acids is 1. The van der Waals surface area contributed by atoms with Crippen LogP contribution in [0.25, 0.3) is 0 Å². The lowest BCUT2D eigenvalue weighted by molar-refractivity contribution is -0.139. The van der Waals surface area contributed by atoms with E-state index in [1.165, 1.54) is 7.11 Å². The minimum absolute atomic E-state index is 0.145. The minimum Gasteiger partial charge on any atom is -0.481 e. The minimum atomic E-state index is -0.804. The van der Waals surface area contributed by atoms with Crippen LogP contribution in [0.5, 0.6) is 0 Å². The Bertz CT molecular complexity index is 238. The molecule has 1 amide bonds. The zero-order valence-electron chi connectivity index (χ0n) is 10.2. The average Bonchev–Trinajstić information content (AvgIpc) is 2.22. The highest BCUT2D eigenvalue weighted by molar-refractivity contribution is 5.84. The molecule has 0 aromatic heterocycles. The second-order valence-electron chi connectivity index (χ2n) is 4.17. The Morgan fingerprint density at radius 3 is 2.38 bits per heavy atom. The molecular weight excluding hydrogens is 210 g/mol. The van der Waals surface area contributed by atoms with Crippen LogP contribution in [0.3, 0.4) is 0 Å². The van der Waals surface area contributed by atoms with E-state index in [1.807, 2.05) is 0 Å². The number of rotatable bonds is 8. The lowest BCUT2D eigenvalue weighted by atomic mass is 10.1. The topological polar surface area (TPSA) is 75.6 Å². The van der Waals surface area contributed by atoms with Crippen molar-refractivity contribution in [2.75, 3.05) is 13.7 Å². The Morgan fingerprint density at radius 2 is 1.88 bits per heavy atom. The van der Waals surface area contributed by atoms with E-state index >= 15 is 0 Å². The summed E-state index contributed by atoms with van der Waals surface area (Å²) in [6, 6.07) is 0. The van der Waals surface area contributed by atoms with Crippen LogP contribution in [-0.4, -0.2) is 36.2 Å². The third kappa shape index (κ3) is 6.40. The standard InChI is InChI=1S/C11H21NO4/c1-11(2,16-3)10(15)12-8-6-4-5-7-9(13)14/h4-8H2,1-3H3,(H,12,15)(H,13,14). The number of carbonyl (C=O) groups is 2. The monoisotopic (exact) mass is 231 g/mol. The summed E-state index contributed by atoms with van der Waals surface area (Å²) in [6.45, 7) is 3.96. The molecule has 0 bridgehead atoms. The van der Waals surface area contributed by atoms with E-state index in [4.69, 9.17) is 9.84 Å². The second-order valence-corrected chi connectivity index (χ2v) is 4.17. The van der Waals surface area contributed by atoms with Gasteiger partial charge in [-0.05, 0) is 26.7 Å². The average molecular weight is 231 g/mol. The molecule has 0 fully saturated rings. The van der Waals surface area contributed by atoms with Crippen molar-refractivity contribution < 1.29 is 19.4 Å². The summed E-state index contributed by atoms with van der Waals surface area (Å²) in [7, 11) is 1.49. The van der Waals surface area contributed by atoms with Gasteiger partial charge in [-0.3, -0.25) is 9.59 Å². The van der Waals surface area contributed by atoms with Gasteiger partial charge in [0.1, 0.15) is 5.60 Å². The molecule has 0 aliphatic carbocycles. The first kappa shape index (κ1) is 14.9. The van der Waals surface area contributed by atoms with Gasteiger partial charge in [-0.1, -0.05) is 6.42 Å². The summed E-state index contributed by atoms with van der Waals surface area (Å²) in [5.74, 6) is -0.919. The van der Waals surface area contributed by atoms with Crippen molar-refractivity contribution in [3.05, 3.63) is 0 Å². The van der Waals surface area contributed by atoms with Gasteiger partial charge < -0.3 is 15.2 Å². The van der Waals surface area contributed by atoms with Crippen molar-refractivity contribution in [2.45, 2.75) is 45.1 Å². The van der Waals surface area contributed by atoms with Crippen LogP contribution >= 0.6 is 0 Å². The molecule has 2 N–H and O–H groups in total. The number of ether oxygens (including phenoxy) is 1. The fraction of sp³-hybridized carbons (Fsp3) is 0.818. The largest absolute Gasteiger partial charge is 0.481 e. The summed E-state index contributed by atoms with van der Waals surface area (Å²) >= 11 is 0. The number of amides is 1. The maximum absolute atomic E-state index is 11.5. The van der Waals surface area contributed by atoms with Crippen molar-refractivity contribution >= 4 is 11.9 Å². The van der Waals surface area contributed by atoms with Gasteiger partial charge in [0.05, 0.1) is 0 Å². The molecule has 0 aromatic carbocycles. The number of hydrogen-bond acceptors (Lipinski definition) is 3. The molecule has 0 saturated carbocycles. The molecule has 0 aliphatic rings. The fourth-order valence-electron chi connectivity index (χ4n) is 1.09. The molecule has 5 nitrogen and oxygen atoms in total. The van der Waals surface area contributed by atoms with Gasteiger partial charge in [0, 0.05) is 20.1 Å². The van der Waals surface area contributed by atoms with E-state index < -0.39 is 11.6 Å². The summed E-state index contributed by atoms with van der Waals surface area (Å²) in [4.78, 5) is 21.7. The van der Waals surface area contributed by atoms with Gasteiger partial charge in [0.2, 0.25) is 0 Å². The number of methoxy groups -OCH3 is 1. The van der Waals surface area contributed by atoms with Crippen LogP contribution in [0, 0.1) is 0 Å². The van der Waals surface area contributed by atoms with Crippen molar-refractivity contribution in [2.24, 2.45) is 0 Å².